The molecule has 0 saturated heterocycles. The van der Waals surface area contributed by atoms with E-state index in [0.717, 1.165) is 12.8 Å². The van der Waals surface area contributed by atoms with Crippen LogP contribution in [0.5, 0.6) is 0 Å². The molecule has 2 unspecified atom stereocenters. The van der Waals surface area contributed by atoms with E-state index in [4.69, 9.17) is 28.9 Å². The lowest BCUT2D eigenvalue weighted by atomic mass is 9.76. The van der Waals surface area contributed by atoms with Crippen LogP contribution in [0.3, 0.4) is 0 Å². The minimum absolute atomic E-state index is 0.379. The van der Waals surface area contributed by atoms with Gasteiger partial charge in [0.1, 0.15) is 0 Å². The molecule has 1 saturated carbocycles. The molecule has 2 rings (SSSR count). The zero-order chi connectivity index (χ0) is 10.1. The molecule has 0 spiro atoms. The van der Waals surface area contributed by atoms with Gasteiger partial charge >= 0.3 is 0 Å². The zero-order valence-electron chi connectivity index (χ0n) is 7.84. The molecule has 1 nitrogen and oxygen atoms in total. The van der Waals surface area contributed by atoms with Gasteiger partial charge in [0.25, 0.3) is 0 Å². The molecular formula is C11H13Cl2N. The highest BCUT2D eigenvalue weighted by atomic mass is 35.5. The summed E-state index contributed by atoms with van der Waals surface area (Å²) in [5.74, 6) is 0.632. The molecule has 14 heavy (non-hydrogen) atoms. The molecule has 0 radical (unpaired) electrons. The summed E-state index contributed by atoms with van der Waals surface area (Å²) in [5, 5.41) is 1.25. The van der Waals surface area contributed by atoms with Gasteiger partial charge in [0, 0.05) is 6.04 Å². The molecular weight excluding hydrogens is 217 g/mol. The predicted octanol–water partition coefficient (Wildman–Crippen LogP) is 3.27. The summed E-state index contributed by atoms with van der Waals surface area (Å²) < 4.78 is 0. The molecule has 1 aliphatic carbocycles. The van der Waals surface area contributed by atoms with Gasteiger partial charge in [0.05, 0.1) is 10.0 Å². The fourth-order valence-corrected chi connectivity index (χ4v) is 2.14. The second-order valence-electron chi connectivity index (χ2n) is 3.95. The molecule has 0 heterocycles. The highest BCUT2D eigenvalue weighted by Crippen LogP contribution is 2.31. The van der Waals surface area contributed by atoms with Crippen molar-refractivity contribution in [2.24, 2.45) is 11.7 Å². The van der Waals surface area contributed by atoms with Crippen LogP contribution in [0.1, 0.15) is 18.4 Å². The SMILES string of the molecule is NC1CCC1Cc1ccc(Cl)c(Cl)c1. The van der Waals surface area contributed by atoms with Crippen LogP contribution in [0.25, 0.3) is 0 Å². The van der Waals surface area contributed by atoms with E-state index in [-0.39, 0.29) is 0 Å². The summed E-state index contributed by atoms with van der Waals surface area (Å²) in [7, 11) is 0. The fourth-order valence-electron chi connectivity index (χ4n) is 1.82. The second kappa shape index (κ2) is 4.09. The van der Waals surface area contributed by atoms with E-state index in [0.29, 0.717) is 22.0 Å². The maximum Gasteiger partial charge on any atom is 0.0595 e. The Bertz CT molecular complexity index is 338. The van der Waals surface area contributed by atoms with Crippen molar-refractivity contribution in [3.63, 3.8) is 0 Å². The average Bonchev–Trinajstić information content (AvgIpc) is 2.17. The van der Waals surface area contributed by atoms with Crippen molar-refractivity contribution >= 4 is 23.2 Å². The van der Waals surface area contributed by atoms with Crippen LogP contribution in [0.2, 0.25) is 10.0 Å². The van der Waals surface area contributed by atoms with E-state index in [1.807, 2.05) is 18.2 Å². The van der Waals surface area contributed by atoms with Crippen LogP contribution in [-0.2, 0) is 6.42 Å². The summed E-state index contributed by atoms with van der Waals surface area (Å²) >= 11 is 11.8. The summed E-state index contributed by atoms with van der Waals surface area (Å²) in [5.41, 5.74) is 7.12. The maximum absolute atomic E-state index is 5.93. The van der Waals surface area contributed by atoms with E-state index in [1.165, 1.54) is 12.0 Å². The molecule has 2 atom stereocenters. The number of hydrogen-bond donors (Lipinski definition) is 1. The first-order chi connectivity index (χ1) is 6.66. The van der Waals surface area contributed by atoms with Crippen molar-refractivity contribution < 1.29 is 0 Å². The number of nitrogens with two attached hydrogens (primary N) is 1. The molecule has 0 amide bonds. The molecule has 3 heteroatoms. The van der Waals surface area contributed by atoms with Crippen LogP contribution in [0, 0.1) is 5.92 Å². The number of hydrogen-bond acceptors (Lipinski definition) is 1. The molecule has 0 bridgehead atoms. The third kappa shape index (κ3) is 2.05. The van der Waals surface area contributed by atoms with Crippen molar-refractivity contribution in [2.75, 3.05) is 0 Å². The Kier molecular flexibility index (Phi) is 3.01. The lowest BCUT2D eigenvalue weighted by Gasteiger charge is -2.33. The van der Waals surface area contributed by atoms with Crippen molar-refractivity contribution in [2.45, 2.75) is 25.3 Å². The smallest absolute Gasteiger partial charge is 0.0595 e. The standard InChI is InChI=1S/C11H13Cl2N/c12-9-3-1-7(6-10(9)13)5-8-2-4-11(8)14/h1,3,6,8,11H,2,4-5,14H2. The first-order valence-electron chi connectivity index (χ1n) is 4.86. The third-order valence-corrected chi connectivity index (χ3v) is 3.70. The van der Waals surface area contributed by atoms with Gasteiger partial charge in [-0.15, -0.1) is 0 Å². The van der Waals surface area contributed by atoms with Gasteiger partial charge in [-0.1, -0.05) is 29.3 Å². The topological polar surface area (TPSA) is 26.0 Å². The highest BCUT2D eigenvalue weighted by Gasteiger charge is 2.27. The Labute approximate surface area is 94.2 Å². The monoisotopic (exact) mass is 229 g/mol. The molecule has 1 fully saturated rings. The summed E-state index contributed by atoms with van der Waals surface area (Å²) in [4.78, 5) is 0. The first kappa shape index (κ1) is 10.3. The molecule has 1 aliphatic rings. The van der Waals surface area contributed by atoms with E-state index < -0.39 is 0 Å². The van der Waals surface area contributed by atoms with Crippen LogP contribution >= 0.6 is 23.2 Å². The fraction of sp³-hybridized carbons (Fsp3) is 0.455. The van der Waals surface area contributed by atoms with Crippen LogP contribution in [0.15, 0.2) is 18.2 Å². The Morgan fingerprint density at radius 3 is 2.50 bits per heavy atom. The lowest BCUT2D eigenvalue weighted by molar-refractivity contribution is 0.256. The van der Waals surface area contributed by atoms with Crippen molar-refractivity contribution in [1.82, 2.24) is 0 Å². The first-order valence-corrected chi connectivity index (χ1v) is 5.62. The van der Waals surface area contributed by atoms with Crippen LogP contribution in [0.4, 0.5) is 0 Å². The molecule has 2 N–H and O–H groups in total. The van der Waals surface area contributed by atoms with Gasteiger partial charge in [-0.2, -0.15) is 0 Å². The zero-order valence-corrected chi connectivity index (χ0v) is 9.35. The minimum Gasteiger partial charge on any atom is -0.327 e. The molecule has 0 aliphatic heterocycles. The summed E-state index contributed by atoms with van der Waals surface area (Å²) in [6.07, 6.45) is 3.42. The van der Waals surface area contributed by atoms with Crippen molar-refractivity contribution in [3.8, 4) is 0 Å². The normalized spacial score (nSPS) is 25.9. The minimum atomic E-state index is 0.379. The molecule has 1 aromatic rings. The van der Waals surface area contributed by atoms with E-state index >= 15 is 0 Å². The van der Waals surface area contributed by atoms with Crippen LogP contribution < -0.4 is 5.73 Å². The van der Waals surface area contributed by atoms with Crippen LogP contribution in [-0.4, -0.2) is 6.04 Å². The van der Waals surface area contributed by atoms with Crippen molar-refractivity contribution in [1.29, 1.82) is 0 Å². The molecule has 0 aromatic heterocycles. The Balaban J connectivity index is 2.06. The van der Waals surface area contributed by atoms with Gasteiger partial charge in [0.15, 0.2) is 0 Å². The van der Waals surface area contributed by atoms with E-state index in [2.05, 4.69) is 0 Å². The van der Waals surface area contributed by atoms with E-state index in [1.54, 1.807) is 0 Å². The van der Waals surface area contributed by atoms with E-state index in [9.17, 15) is 0 Å². The highest BCUT2D eigenvalue weighted by molar-refractivity contribution is 6.42. The average molecular weight is 230 g/mol. The number of halogens is 2. The number of rotatable bonds is 2. The molecule has 1 aromatic carbocycles. The number of benzene rings is 1. The Morgan fingerprint density at radius 2 is 2.00 bits per heavy atom. The molecule has 76 valence electrons. The van der Waals surface area contributed by atoms with Gasteiger partial charge in [-0.3, -0.25) is 0 Å². The van der Waals surface area contributed by atoms with Crippen molar-refractivity contribution in [3.05, 3.63) is 33.8 Å². The van der Waals surface area contributed by atoms with Gasteiger partial charge < -0.3 is 5.73 Å². The Morgan fingerprint density at radius 1 is 1.21 bits per heavy atom. The largest absolute Gasteiger partial charge is 0.327 e. The van der Waals surface area contributed by atoms with Gasteiger partial charge in [0.2, 0.25) is 0 Å². The lowest BCUT2D eigenvalue weighted by Crippen LogP contribution is -2.40. The predicted molar refractivity (Wildman–Crippen MR) is 60.9 cm³/mol. The quantitative estimate of drug-likeness (QED) is 0.828. The Hall–Kier alpha value is -0.240. The summed E-state index contributed by atoms with van der Waals surface area (Å²) in [6, 6.07) is 6.20. The van der Waals surface area contributed by atoms with Gasteiger partial charge in [-0.05, 0) is 42.9 Å². The van der Waals surface area contributed by atoms with Gasteiger partial charge in [-0.25, -0.2) is 0 Å². The third-order valence-electron chi connectivity index (χ3n) is 2.96. The maximum atomic E-state index is 5.93. The second-order valence-corrected chi connectivity index (χ2v) is 4.77. The summed E-state index contributed by atoms with van der Waals surface area (Å²) in [6.45, 7) is 0.